The van der Waals surface area contributed by atoms with Gasteiger partial charge in [-0.3, -0.25) is 0 Å². The van der Waals surface area contributed by atoms with Crippen molar-refractivity contribution in [2.45, 2.75) is 26.1 Å². The second-order valence-corrected chi connectivity index (χ2v) is 4.68. The summed E-state index contributed by atoms with van der Waals surface area (Å²) in [6.07, 6.45) is 5.51. The number of rotatable bonds is 6. The van der Waals surface area contributed by atoms with E-state index in [1.165, 1.54) is 0 Å². The Balaban J connectivity index is 1.97. The number of nitrogens with zero attached hydrogens (tertiary/aromatic N) is 3. The van der Waals surface area contributed by atoms with Gasteiger partial charge in [0.05, 0.1) is 25.1 Å². The molecular formula is C15H18N4O. The number of nitrogens with one attached hydrogen (secondary N) is 1. The van der Waals surface area contributed by atoms with Gasteiger partial charge in [0.15, 0.2) is 0 Å². The molecule has 20 heavy (non-hydrogen) atoms. The first kappa shape index (κ1) is 14.1. The van der Waals surface area contributed by atoms with Gasteiger partial charge in [0.2, 0.25) is 0 Å². The van der Waals surface area contributed by atoms with Crippen molar-refractivity contribution >= 4 is 0 Å². The lowest BCUT2D eigenvalue weighted by Crippen LogP contribution is -2.29. The van der Waals surface area contributed by atoms with Gasteiger partial charge in [0.1, 0.15) is 5.75 Å². The third kappa shape index (κ3) is 3.59. The zero-order chi connectivity index (χ0) is 14.4. The highest BCUT2D eigenvalue weighted by Gasteiger charge is 2.07. The van der Waals surface area contributed by atoms with Crippen molar-refractivity contribution in [3.8, 4) is 11.8 Å². The van der Waals surface area contributed by atoms with Crippen LogP contribution in [0.2, 0.25) is 0 Å². The molecule has 5 heteroatoms. The van der Waals surface area contributed by atoms with Gasteiger partial charge in [-0.05, 0) is 25.1 Å². The molecule has 0 amide bonds. The first-order valence-corrected chi connectivity index (χ1v) is 6.49. The summed E-state index contributed by atoms with van der Waals surface area (Å²) in [7, 11) is 1.64. The molecule has 1 N–H and O–H groups in total. The zero-order valence-corrected chi connectivity index (χ0v) is 11.7. The van der Waals surface area contributed by atoms with Crippen molar-refractivity contribution in [3.63, 3.8) is 0 Å². The fraction of sp³-hybridized carbons (Fsp3) is 0.333. The van der Waals surface area contributed by atoms with E-state index in [1.54, 1.807) is 25.7 Å². The predicted molar refractivity (Wildman–Crippen MR) is 76.2 cm³/mol. The van der Waals surface area contributed by atoms with Crippen molar-refractivity contribution in [3.05, 3.63) is 48.0 Å². The number of ether oxygens (including phenoxy) is 1. The van der Waals surface area contributed by atoms with Gasteiger partial charge in [0.25, 0.3) is 0 Å². The summed E-state index contributed by atoms with van der Waals surface area (Å²) in [6, 6.07) is 7.89. The van der Waals surface area contributed by atoms with E-state index < -0.39 is 0 Å². The van der Waals surface area contributed by atoms with Crippen LogP contribution >= 0.6 is 0 Å². The monoisotopic (exact) mass is 270 g/mol. The normalized spacial score (nSPS) is 11.8. The molecule has 0 fully saturated rings. The largest absolute Gasteiger partial charge is 0.496 e. The molecule has 104 valence electrons. The minimum atomic E-state index is 0.291. The lowest BCUT2D eigenvalue weighted by molar-refractivity contribution is 0.403. The van der Waals surface area contributed by atoms with Crippen molar-refractivity contribution in [2.24, 2.45) is 0 Å². The molecule has 2 rings (SSSR count). The van der Waals surface area contributed by atoms with Crippen LogP contribution in [0.5, 0.6) is 5.75 Å². The van der Waals surface area contributed by atoms with Crippen LogP contribution in [0.15, 0.2) is 36.9 Å². The molecule has 1 atom stereocenters. The first-order chi connectivity index (χ1) is 9.72. The minimum absolute atomic E-state index is 0.291. The summed E-state index contributed by atoms with van der Waals surface area (Å²) in [5.41, 5.74) is 1.63. The number of aromatic nitrogens is 2. The average Bonchev–Trinajstić information content (AvgIpc) is 2.97. The standard InChI is InChI=1S/C15H18N4O/c1-12(10-19-6-5-17-11-19)18-9-14-7-13(8-16)3-4-15(14)20-2/h3-7,11-12,18H,9-10H2,1-2H3. The maximum atomic E-state index is 8.95. The van der Waals surface area contributed by atoms with E-state index in [0.717, 1.165) is 17.9 Å². The molecule has 0 saturated carbocycles. The molecule has 1 heterocycles. The quantitative estimate of drug-likeness (QED) is 0.871. The molecule has 2 aromatic rings. The highest BCUT2D eigenvalue weighted by molar-refractivity contribution is 5.42. The van der Waals surface area contributed by atoms with Crippen LogP contribution in [0.25, 0.3) is 0 Å². The lowest BCUT2D eigenvalue weighted by atomic mass is 10.1. The Morgan fingerprint density at radius 3 is 3.00 bits per heavy atom. The van der Waals surface area contributed by atoms with E-state index in [9.17, 15) is 0 Å². The van der Waals surface area contributed by atoms with Gasteiger partial charge in [-0.1, -0.05) is 0 Å². The Labute approximate surface area is 118 Å². The van der Waals surface area contributed by atoms with Crippen LogP contribution in [0.1, 0.15) is 18.1 Å². The molecule has 1 unspecified atom stereocenters. The van der Waals surface area contributed by atoms with Gasteiger partial charge in [0, 0.05) is 37.1 Å². The molecular weight excluding hydrogens is 252 g/mol. The van der Waals surface area contributed by atoms with Crippen LogP contribution in [0, 0.1) is 11.3 Å². The summed E-state index contributed by atoms with van der Waals surface area (Å²) >= 11 is 0. The van der Waals surface area contributed by atoms with Gasteiger partial charge < -0.3 is 14.6 Å². The molecule has 0 aliphatic carbocycles. The van der Waals surface area contributed by atoms with Gasteiger partial charge in [-0.2, -0.15) is 5.26 Å². The summed E-state index contributed by atoms with van der Waals surface area (Å²) in [5, 5.41) is 12.4. The Kier molecular flexibility index (Phi) is 4.75. The van der Waals surface area contributed by atoms with Gasteiger partial charge in [-0.15, -0.1) is 0 Å². The number of hydrogen-bond acceptors (Lipinski definition) is 4. The Hall–Kier alpha value is -2.32. The summed E-state index contributed by atoms with van der Waals surface area (Å²) in [6.45, 7) is 3.62. The van der Waals surface area contributed by atoms with Crippen molar-refractivity contribution < 1.29 is 4.74 Å². The molecule has 5 nitrogen and oxygen atoms in total. The third-order valence-electron chi connectivity index (χ3n) is 3.09. The minimum Gasteiger partial charge on any atom is -0.496 e. The third-order valence-corrected chi connectivity index (χ3v) is 3.09. The van der Waals surface area contributed by atoms with Crippen LogP contribution in [0.3, 0.4) is 0 Å². The lowest BCUT2D eigenvalue weighted by Gasteiger charge is -2.16. The van der Waals surface area contributed by atoms with Gasteiger partial charge >= 0.3 is 0 Å². The van der Waals surface area contributed by atoms with Crippen LogP contribution < -0.4 is 10.1 Å². The molecule has 0 radical (unpaired) electrons. The highest BCUT2D eigenvalue weighted by atomic mass is 16.5. The highest BCUT2D eigenvalue weighted by Crippen LogP contribution is 2.19. The fourth-order valence-electron chi connectivity index (χ4n) is 2.05. The van der Waals surface area contributed by atoms with Crippen molar-refractivity contribution in [1.82, 2.24) is 14.9 Å². The number of methoxy groups -OCH3 is 1. The second kappa shape index (κ2) is 6.73. The number of hydrogen-bond donors (Lipinski definition) is 1. The molecule has 1 aromatic carbocycles. The topological polar surface area (TPSA) is 62.9 Å². The van der Waals surface area contributed by atoms with Crippen LogP contribution in [-0.4, -0.2) is 22.7 Å². The Morgan fingerprint density at radius 2 is 2.35 bits per heavy atom. The molecule has 0 aliphatic heterocycles. The number of imidazole rings is 1. The molecule has 0 bridgehead atoms. The SMILES string of the molecule is COc1ccc(C#N)cc1CNC(C)Cn1ccnc1. The number of nitriles is 1. The Bertz CT molecular complexity index is 586. The molecule has 0 aliphatic rings. The fourth-order valence-corrected chi connectivity index (χ4v) is 2.05. The first-order valence-electron chi connectivity index (χ1n) is 6.49. The van der Waals surface area contributed by atoms with E-state index in [2.05, 4.69) is 23.3 Å². The molecule has 0 spiro atoms. The molecule has 0 saturated heterocycles. The van der Waals surface area contributed by atoms with Crippen molar-refractivity contribution in [2.75, 3.05) is 7.11 Å². The van der Waals surface area contributed by atoms with E-state index >= 15 is 0 Å². The molecule has 1 aromatic heterocycles. The Morgan fingerprint density at radius 1 is 1.50 bits per heavy atom. The second-order valence-electron chi connectivity index (χ2n) is 4.68. The maximum absolute atomic E-state index is 8.95. The van der Waals surface area contributed by atoms with Crippen LogP contribution in [-0.2, 0) is 13.1 Å². The maximum Gasteiger partial charge on any atom is 0.123 e. The summed E-state index contributed by atoms with van der Waals surface area (Å²) in [5.74, 6) is 0.798. The summed E-state index contributed by atoms with van der Waals surface area (Å²) in [4.78, 5) is 4.02. The summed E-state index contributed by atoms with van der Waals surface area (Å²) < 4.78 is 7.35. The van der Waals surface area contributed by atoms with Crippen molar-refractivity contribution in [1.29, 1.82) is 5.26 Å². The van der Waals surface area contributed by atoms with Gasteiger partial charge in [-0.25, -0.2) is 4.98 Å². The average molecular weight is 270 g/mol. The van der Waals surface area contributed by atoms with E-state index in [1.807, 2.05) is 22.9 Å². The van der Waals surface area contributed by atoms with E-state index in [4.69, 9.17) is 10.00 Å². The van der Waals surface area contributed by atoms with Crippen LogP contribution in [0.4, 0.5) is 0 Å². The zero-order valence-electron chi connectivity index (χ0n) is 11.7. The predicted octanol–water partition coefficient (Wildman–Crippen LogP) is 1.94. The van der Waals surface area contributed by atoms with E-state index in [0.29, 0.717) is 18.2 Å². The smallest absolute Gasteiger partial charge is 0.123 e. The number of benzene rings is 1. The van der Waals surface area contributed by atoms with E-state index in [-0.39, 0.29) is 0 Å².